The lowest BCUT2D eigenvalue weighted by molar-refractivity contribution is -0.141. The van der Waals surface area contributed by atoms with Crippen molar-refractivity contribution in [1.82, 2.24) is 10.2 Å². The number of aliphatic hydroxyl groups excluding tert-OH is 1. The second-order valence-electron chi connectivity index (χ2n) is 10.2. The van der Waals surface area contributed by atoms with Crippen LogP contribution in [-0.4, -0.2) is 71.8 Å². The summed E-state index contributed by atoms with van der Waals surface area (Å²) in [4.78, 5) is 41.7. The minimum Gasteiger partial charge on any atom is -0.497 e. The quantitative estimate of drug-likeness (QED) is 0.352. The van der Waals surface area contributed by atoms with Gasteiger partial charge in [-0.1, -0.05) is 18.2 Å². The average Bonchev–Trinajstić information content (AvgIpc) is 2.87. The molecule has 0 bridgehead atoms. The molecule has 0 radical (unpaired) electrons. The summed E-state index contributed by atoms with van der Waals surface area (Å²) in [6.07, 6.45) is 1.50. The standard InChI is InChI=1S/C29H41N3O6S/c1-19-8-9-21(18-20(19)2)25(26(34)30-22-10-12-23(37-6)13-11-22)32(15-16-33)27(35)24(14-17-39-7)31-28(36)38-29(3,4)5/h8-13,18,24-25,33H,14-17H2,1-7H3,(H,30,34)(H,31,36). The molecule has 10 heteroatoms. The van der Waals surface area contributed by atoms with Gasteiger partial charge >= 0.3 is 6.09 Å². The van der Waals surface area contributed by atoms with Crippen molar-refractivity contribution < 1.29 is 29.0 Å². The summed E-state index contributed by atoms with van der Waals surface area (Å²) in [6, 6.07) is 10.4. The fraction of sp³-hybridized carbons (Fsp3) is 0.483. The van der Waals surface area contributed by atoms with Gasteiger partial charge in [0.1, 0.15) is 23.4 Å². The molecule has 0 fully saturated rings. The first-order valence-electron chi connectivity index (χ1n) is 12.8. The fourth-order valence-corrected chi connectivity index (χ4v) is 4.38. The van der Waals surface area contributed by atoms with Crippen molar-refractivity contribution in [2.45, 2.75) is 58.7 Å². The molecular formula is C29H41N3O6S. The number of alkyl carbamates (subject to hydrolysis) is 1. The highest BCUT2D eigenvalue weighted by Gasteiger charge is 2.36. The minimum atomic E-state index is -1.07. The number of benzene rings is 2. The molecule has 3 N–H and O–H groups in total. The van der Waals surface area contributed by atoms with Crippen LogP contribution in [0.4, 0.5) is 10.5 Å². The largest absolute Gasteiger partial charge is 0.497 e. The topological polar surface area (TPSA) is 117 Å². The first-order chi connectivity index (χ1) is 18.4. The number of hydrogen-bond donors (Lipinski definition) is 3. The smallest absolute Gasteiger partial charge is 0.408 e. The second-order valence-corrected chi connectivity index (χ2v) is 11.2. The zero-order chi connectivity index (χ0) is 29.2. The Morgan fingerprint density at radius 1 is 1.05 bits per heavy atom. The average molecular weight is 560 g/mol. The van der Waals surface area contributed by atoms with Crippen LogP contribution < -0.4 is 15.4 Å². The third kappa shape index (κ3) is 9.78. The highest BCUT2D eigenvalue weighted by atomic mass is 32.2. The van der Waals surface area contributed by atoms with Crippen LogP contribution in [0, 0.1) is 13.8 Å². The van der Waals surface area contributed by atoms with E-state index < -0.39 is 35.6 Å². The van der Waals surface area contributed by atoms with Crippen LogP contribution in [0.1, 0.15) is 49.9 Å². The van der Waals surface area contributed by atoms with E-state index in [4.69, 9.17) is 9.47 Å². The molecule has 2 unspecified atom stereocenters. The van der Waals surface area contributed by atoms with E-state index in [9.17, 15) is 19.5 Å². The van der Waals surface area contributed by atoms with Crippen molar-refractivity contribution in [2.75, 3.05) is 37.6 Å². The van der Waals surface area contributed by atoms with Gasteiger partial charge in [-0.25, -0.2) is 4.79 Å². The summed E-state index contributed by atoms with van der Waals surface area (Å²) in [5.74, 6) is 0.287. The predicted molar refractivity (Wildman–Crippen MR) is 155 cm³/mol. The molecule has 0 aliphatic carbocycles. The SMILES string of the molecule is COc1ccc(NC(=O)C(c2ccc(C)c(C)c2)N(CCO)C(=O)C(CCSC)NC(=O)OC(C)(C)C)cc1. The molecule has 0 spiro atoms. The van der Waals surface area contributed by atoms with E-state index in [1.807, 2.05) is 32.2 Å². The minimum absolute atomic E-state index is 0.113. The molecule has 0 saturated heterocycles. The Labute approximate surface area is 235 Å². The summed E-state index contributed by atoms with van der Waals surface area (Å²) in [7, 11) is 1.56. The third-order valence-electron chi connectivity index (χ3n) is 5.99. The molecule has 39 heavy (non-hydrogen) atoms. The molecule has 9 nitrogen and oxygen atoms in total. The first kappa shape index (κ1) is 32.0. The Balaban J connectivity index is 2.50. The second kappa shape index (κ2) is 14.8. The Bertz CT molecular complexity index is 1120. The lowest BCUT2D eigenvalue weighted by Crippen LogP contribution is -2.53. The van der Waals surface area contributed by atoms with Crippen LogP contribution in [0.3, 0.4) is 0 Å². The molecule has 0 saturated carbocycles. The summed E-state index contributed by atoms with van der Waals surface area (Å²) >= 11 is 1.53. The van der Waals surface area contributed by atoms with Crippen molar-refractivity contribution in [3.05, 3.63) is 59.2 Å². The molecule has 0 aliphatic heterocycles. The fourth-order valence-electron chi connectivity index (χ4n) is 3.91. The van der Waals surface area contributed by atoms with Gasteiger partial charge in [0.15, 0.2) is 0 Å². The van der Waals surface area contributed by atoms with Crippen molar-refractivity contribution in [3.63, 3.8) is 0 Å². The number of methoxy groups -OCH3 is 1. The molecule has 2 aromatic carbocycles. The van der Waals surface area contributed by atoms with Gasteiger partial charge in [-0.3, -0.25) is 9.59 Å². The number of rotatable bonds is 12. The summed E-state index contributed by atoms with van der Waals surface area (Å²) < 4.78 is 10.6. The van der Waals surface area contributed by atoms with E-state index in [-0.39, 0.29) is 13.2 Å². The van der Waals surface area contributed by atoms with Crippen LogP contribution in [-0.2, 0) is 14.3 Å². The number of ether oxygens (including phenoxy) is 2. The van der Waals surface area contributed by atoms with E-state index in [1.165, 1.54) is 16.7 Å². The van der Waals surface area contributed by atoms with Gasteiger partial charge < -0.3 is 30.1 Å². The highest BCUT2D eigenvalue weighted by Crippen LogP contribution is 2.27. The van der Waals surface area contributed by atoms with Gasteiger partial charge in [-0.2, -0.15) is 11.8 Å². The van der Waals surface area contributed by atoms with Crippen molar-refractivity contribution >= 4 is 35.4 Å². The van der Waals surface area contributed by atoms with Crippen molar-refractivity contribution in [1.29, 1.82) is 0 Å². The maximum absolute atomic E-state index is 14.0. The van der Waals surface area contributed by atoms with Gasteiger partial charge in [0.05, 0.1) is 13.7 Å². The summed E-state index contributed by atoms with van der Waals surface area (Å²) in [6.45, 7) is 8.63. The number of aryl methyl sites for hydroxylation is 2. The number of amides is 3. The highest BCUT2D eigenvalue weighted by molar-refractivity contribution is 7.98. The maximum atomic E-state index is 14.0. The lowest BCUT2D eigenvalue weighted by Gasteiger charge is -2.34. The predicted octanol–water partition coefficient (Wildman–Crippen LogP) is 4.46. The summed E-state index contributed by atoms with van der Waals surface area (Å²) in [5, 5.41) is 15.5. The van der Waals surface area contributed by atoms with Gasteiger partial charge in [-0.05, 0) is 94.0 Å². The molecule has 2 atom stereocenters. The van der Waals surface area contributed by atoms with E-state index in [0.717, 1.165) is 11.1 Å². The number of carbonyl (C=O) groups excluding carboxylic acids is 3. The molecule has 2 aromatic rings. The maximum Gasteiger partial charge on any atom is 0.408 e. The zero-order valence-electron chi connectivity index (χ0n) is 23.9. The number of aliphatic hydroxyl groups is 1. The molecule has 2 rings (SSSR count). The molecule has 0 aliphatic rings. The Morgan fingerprint density at radius 2 is 1.72 bits per heavy atom. The Kier molecular flexibility index (Phi) is 12.1. The lowest BCUT2D eigenvalue weighted by atomic mass is 9.98. The van der Waals surface area contributed by atoms with Crippen molar-refractivity contribution in [2.24, 2.45) is 0 Å². The third-order valence-corrected chi connectivity index (χ3v) is 6.63. The number of carbonyl (C=O) groups is 3. The van der Waals surface area contributed by atoms with E-state index >= 15 is 0 Å². The molecule has 0 heterocycles. The number of thioether (sulfide) groups is 1. The monoisotopic (exact) mass is 559 g/mol. The number of nitrogens with one attached hydrogen (secondary N) is 2. The van der Waals surface area contributed by atoms with Crippen molar-refractivity contribution in [3.8, 4) is 5.75 Å². The van der Waals surface area contributed by atoms with Crippen LogP contribution in [0.15, 0.2) is 42.5 Å². The van der Waals surface area contributed by atoms with Crippen LogP contribution in [0.5, 0.6) is 5.75 Å². The van der Waals surface area contributed by atoms with Gasteiger partial charge in [0.2, 0.25) is 5.91 Å². The molecular weight excluding hydrogens is 518 g/mol. The summed E-state index contributed by atoms with van der Waals surface area (Å²) in [5.41, 5.74) is 2.36. The number of hydrogen-bond acceptors (Lipinski definition) is 7. The van der Waals surface area contributed by atoms with Crippen LogP contribution in [0.2, 0.25) is 0 Å². The normalized spacial score (nSPS) is 12.7. The van der Waals surface area contributed by atoms with Crippen LogP contribution in [0.25, 0.3) is 0 Å². The van der Waals surface area contributed by atoms with Gasteiger partial charge in [0.25, 0.3) is 5.91 Å². The van der Waals surface area contributed by atoms with E-state index in [2.05, 4.69) is 10.6 Å². The molecule has 214 valence electrons. The van der Waals surface area contributed by atoms with Gasteiger partial charge in [0, 0.05) is 12.2 Å². The molecule has 3 amide bonds. The Morgan fingerprint density at radius 3 is 2.26 bits per heavy atom. The number of nitrogens with zero attached hydrogens (tertiary/aromatic N) is 1. The zero-order valence-corrected chi connectivity index (χ0v) is 24.7. The number of anilines is 1. The van der Waals surface area contributed by atoms with E-state index in [0.29, 0.717) is 29.2 Å². The Hall–Kier alpha value is -3.24. The first-order valence-corrected chi connectivity index (χ1v) is 14.2. The van der Waals surface area contributed by atoms with E-state index in [1.54, 1.807) is 58.2 Å². The molecule has 0 aromatic heterocycles. The van der Waals surface area contributed by atoms with Crippen LogP contribution >= 0.6 is 11.8 Å². The van der Waals surface area contributed by atoms with Gasteiger partial charge in [-0.15, -0.1) is 0 Å².